The second kappa shape index (κ2) is 5.08. The van der Waals surface area contributed by atoms with Crippen molar-refractivity contribution in [3.63, 3.8) is 0 Å². The zero-order chi connectivity index (χ0) is 14.9. The van der Waals surface area contributed by atoms with E-state index >= 15 is 0 Å². The van der Waals surface area contributed by atoms with Crippen LogP contribution in [-0.2, 0) is 0 Å². The van der Waals surface area contributed by atoms with Crippen LogP contribution in [0.25, 0.3) is 33.4 Å². The molecule has 0 radical (unpaired) electrons. The number of phenols is 1. The number of phenolic OH excluding ortho intramolecular Hbond substituents is 1. The van der Waals surface area contributed by atoms with Crippen molar-refractivity contribution in [2.24, 2.45) is 0 Å². The van der Waals surface area contributed by atoms with Gasteiger partial charge in [0.2, 0.25) is 0 Å². The lowest BCUT2D eigenvalue weighted by Gasteiger charge is -2.02. The maximum atomic E-state index is 9.86. The summed E-state index contributed by atoms with van der Waals surface area (Å²) in [5, 5.41) is 10.6. The van der Waals surface area contributed by atoms with Crippen molar-refractivity contribution in [2.45, 2.75) is 0 Å². The Balaban J connectivity index is 1.74. The molecule has 0 aliphatic rings. The summed E-state index contributed by atoms with van der Waals surface area (Å²) in [6, 6.07) is 25.7. The molecule has 0 atom stereocenters. The highest BCUT2D eigenvalue weighted by Crippen LogP contribution is 2.33. The average molecular weight is 286 g/mol. The molecule has 106 valence electrons. The van der Waals surface area contributed by atoms with Gasteiger partial charge in [0.15, 0.2) is 0 Å². The first-order chi connectivity index (χ1) is 10.8. The predicted molar refractivity (Wildman–Crippen MR) is 88.8 cm³/mol. The SMILES string of the molecule is Oc1cccc2oc(-c3ccc(-c4ccccc4)cc3)cc12. The quantitative estimate of drug-likeness (QED) is 0.530. The van der Waals surface area contributed by atoms with Crippen LogP contribution in [-0.4, -0.2) is 5.11 Å². The van der Waals surface area contributed by atoms with Crippen LogP contribution < -0.4 is 0 Å². The van der Waals surface area contributed by atoms with Crippen LogP contribution in [0, 0.1) is 0 Å². The molecule has 0 saturated heterocycles. The number of rotatable bonds is 2. The van der Waals surface area contributed by atoms with Crippen molar-refractivity contribution < 1.29 is 9.52 Å². The van der Waals surface area contributed by atoms with Crippen LogP contribution >= 0.6 is 0 Å². The lowest BCUT2D eigenvalue weighted by molar-refractivity contribution is 0.481. The third-order valence-electron chi connectivity index (χ3n) is 3.81. The van der Waals surface area contributed by atoms with Crippen LogP contribution in [0.2, 0.25) is 0 Å². The summed E-state index contributed by atoms with van der Waals surface area (Å²) < 4.78 is 5.82. The first-order valence-electron chi connectivity index (χ1n) is 7.19. The van der Waals surface area contributed by atoms with Crippen molar-refractivity contribution in [1.29, 1.82) is 0 Å². The summed E-state index contributed by atoms with van der Waals surface area (Å²) in [5.74, 6) is 1.00. The summed E-state index contributed by atoms with van der Waals surface area (Å²) in [7, 11) is 0. The molecule has 0 aliphatic heterocycles. The molecule has 0 amide bonds. The molecular formula is C20H14O2. The first kappa shape index (κ1) is 12.7. The fourth-order valence-corrected chi connectivity index (χ4v) is 2.65. The molecule has 0 spiro atoms. The lowest BCUT2D eigenvalue weighted by Crippen LogP contribution is -1.78. The monoisotopic (exact) mass is 286 g/mol. The molecule has 3 aromatic carbocycles. The standard InChI is InChI=1S/C20H14O2/c21-18-7-4-8-19-17(18)13-20(22-19)16-11-9-15(10-12-16)14-5-2-1-3-6-14/h1-13,21H. The van der Waals surface area contributed by atoms with Crippen LogP contribution in [0.5, 0.6) is 5.75 Å². The van der Waals surface area contributed by atoms with Crippen LogP contribution in [0.1, 0.15) is 0 Å². The molecule has 0 unspecified atom stereocenters. The number of hydrogen-bond donors (Lipinski definition) is 1. The maximum Gasteiger partial charge on any atom is 0.138 e. The number of hydrogen-bond acceptors (Lipinski definition) is 2. The van der Waals surface area contributed by atoms with E-state index in [-0.39, 0.29) is 5.75 Å². The maximum absolute atomic E-state index is 9.86. The van der Waals surface area contributed by atoms with Gasteiger partial charge in [-0.05, 0) is 29.3 Å². The lowest BCUT2D eigenvalue weighted by atomic mass is 10.0. The predicted octanol–water partition coefficient (Wildman–Crippen LogP) is 5.47. The number of furan rings is 1. The molecule has 22 heavy (non-hydrogen) atoms. The molecule has 0 bridgehead atoms. The Morgan fingerprint density at radius 2 is 1.32 bits per heavy atom. The zero-order valence-corrected chi connectivity index (χ0v) is 11.9. The molecule has 1 N–H and O–H groups in total. The molecule has 4 rings (SSSR count). The fourth-order valence-electron chi connectivity index (χ4n) is 2.65. The van der Waals surface area contributed by atoms with Gasteiger partial charge in [-0.2, -0.15) is 0 Å². The second-order valence-corrected chi connectivity index (χ2v) is 5.24. The smallest absolute Gasteiger partial charge is 0.138 e. The van der Waals surface area contributed by atoms with Crippen LogP contribution in [0.4, 0.5) is 0 Å². The summed E-state index contributed by atoms with van der Waals surface area (Å²) >= 11 is 0. The van der Waals surface area contributed by atoms with E-state index < -0.39 is 0 Å². The number of aromatic hydroxyl groups is 1. The third-order valence-corrected chi connectivity index (χ3v) is 3.81. The third kappa shape index (κ3) is 2.15. The normalized spacial score (nSPS) is 10.9. The Kier molecular flexibility index (Phi) is 2.94. The molecule has 0 fully saturated rings. The molecule has 2 nitrogen and oxygen atoms in total. The van der Waals surface area contributed by atoms with Gasteiger partial charge in [-0.25, -0.2) is 0 Å². The van der Waals surface area contributed by atoms with Crippen molar-refractivity contribution in [3.8, 4) is 28.2 Å². The zero-order valence-electron chi connectivity index (χ0n) is 11.9. The Labute approximate surface area is 128 Å². The number of benzene rings is 3. The van der Waals surface area contributed by atoms with Gasteiger partial charge in [0.1, 0.15) is 17.1 Å². The van der Waals surface area contributed by atoms with Crippen molar-refractivity contribution in [2.75, 3.05) is 0 Å². The topological polar surface area (TPSA) is 33.4 Å². The van der Waals surface area contributed by atoms with E-state index in [4.69, 9.17) is 4.42 Å². The molecule has 1 heterocycles. The van der Waals surface area contributed by atoms with E-state index in [1.807, 2.05) is 42.5 Å². The van der Waals surface area contributed by atoms with Gasteiger partial charge in [-0.3, -0.25) is 0 Å². The number of fused-ring (bicyclic) bond motifs is 1. The van der Waals surface area contributed by atoms with Crippen molar-refractivity contribution in [3.05, 3.63) is 78.9 Å². The summed E-state index contributed by atoms with van der Waals surface area (Å²) in [4.78, 5) is 0. The molecule has 4 aromatic rings. The minimum absolute atomic E-state index is 0.244. The Bertz CT molecular complexity index is 919. The van der Waals surface area contributed by atoms with Gasteiger partial charge in [-0.1, -0.05) is 60.7 Å². The fraction of sp³-hybridized carbons (Fsp3) is 0. The van der Waals surface area contributed by atoms with Crippen LogP contribution in [0.15, 0.2) is 83.3 Å². The highest BCUT2D eigenvalue weighted by atomic mass is 16.3. The van der Waals surface area contributed by atoms with E-state index in [0.29, 0.717) is 5.58 Å². The summed E-state index contributed by atoms with van der Waals surface area (Å²) in [6.07, 6.45) is 0. The Hall–Kier alpha value is -3.00. The highest BCUT2D eigenvalue weighted by Gasteiger charge is 2.09. The average Bonchev–Trinajstić information content (AvgIpc) is 3.02. The molecule has 2 heteroatoms. The van der Waals surface area contributed by atoms with Gasteiger partial charge >= 0.3 is 0 Å². The summed E-state index contributed by atoms with van der Waals surface area (Å²) in [6.45, 7) is 0. The minimum Gasteiger partial charge on any atom is -0.507 e. The van der Waals surface area contributed by atoms with Gasteiger partial charge in [0, 0.05) is 5.56 Å². The van der Waals surface area contributed by atoms with Crippen molar-refractivity contribution in [1.82, 2.24) is 0 Å². The van der Waals surface area contributed by atoms with E-state index in [1.165, 1.54) is 11.1 Å². The Morgan fingerprint density at radius 3 is 2.05 bits per heavy atom. The van der Waals surface area contributed by atoms with Crippen LogP contribution in [0.3, 0.4) is 0 Å². The molecular weight excluding hydrogens is 272 g/mol. The highest BCUT2D eigenvalue weighted by molar-refractivity contribution is 5.88. The minimum atomic E-state index is 0.244. The summed E-state index contributed by atoms with van der Waals surface area (Å²) in [5.41, 5.74) is 4.05. The van der Waals surface area contributed by atoms with Gasteiger partial charge in [0.25, 0.3) is 0 Å². The van der Waals surface area contributed by atoms with Gasteiger partial charge in [0.05, 0.1) is 5.39 Å². The van der Waals surface area contributed by atoms with Gasteiger partial charge in [-0.15, -0.1) is 0 Å². The first-order valence-corrected chi connectivity index (χ1v) is 7.19. The largest absolute Gasteiger partial charge is 0.507 e. The molecule has 0 aliphatic carbocycles. The second-order valence-electron chi connectivity index (χ2n) is 5.24. The van der Waals surface area contributed by atoms with E-state index in [0.717, 1.165) is 16.7 Å². The van der Waals surface area contributed by atoms with E-state index in [2.05, 4.69) is 24.3 Å². The molecule has 0 saturated carbocycles. The van der Waals surface area contributed by atoms with Gasteiger partial charge < -0.3 is 9.52 Å². The van der Waals surface area contributed by atoms with Crippen molar-refractivity contribution >= 4 is 11.0 Å². The Morgan fingerprint density at radius 1 is 0.636 bits per heavy atom. The van der Waals surface area contributed by atoms with E-state index in [9.17, 15) is 5.11 Å². The van der Waals surface area contributed by atoms with E-state index in [1.54, 1.807) is 12.1 Å². The molecule has 1 aromatic heterocycles.